The van der Waals surface area contributed by atoms with E-state index in [0.29, 0.717) is 18.9 Å². The number of ether oxygens (including phenoxy) is 2. The molecule has 1 N–H and O–H groups in total. The number of hydrogen-bond acceptors (Lipinski definition) is 6. The quantitative estimate of drug-likeness (QED) is 0.396. The molecule has 1 aliphatic heterocycles. The highest BCUT2D eigenvalue weighted by molar-refractivity contribution is 6.21. The first kappa shape index (κ1) is 22.0. The monoisotopic (exact) mass is 416 g/mol. The van der Waals surface area contributed by atoms with Gasteiger partial charge in [-0.3, -0.25) is 19.3 Å². The lowest BCUT2D eigenvalue weighted by Crippen LogP contribution is -2.42. The standard InChI is InChI=1S/C22H28N2O6/c1-14-6-3-4-7-18(14)23-19(25)13-30-22(28)15-8-9-16-17(12-15)21(27)24(20(16)26)10-5-11-29-2/h8-9,12,14,18H,3-7,10-11,13H2,1-2H3,(H,23,25)/t14-,18-/m0/s1. The van der Waals surface area contributed by atoms with Crippen LogP contribution in [0.1, 0.15) is 70.1 Å². The molecule has 1 saturated carbocycles. The molecule has 30 heavy (non-hydrogen) atoms. The topological polar surface area (TPSA) is 102 Å². The van der Waals surface area contributed by atoms with Gasteiger partial charge in [0.15, 0.2) is 6.61 Å². The molecule has 1 fully saturated rings. The number of nitrogens with zero attached hydrogens (tertiary/aromatic N) is 1. The normalized spacial score (nSPS) is 20.8. The van der Waals surface area contributed by atoms with Crippen LogP contribution in [0.3, 0.4) is 0 Å². The smallest absolute Gasteiger partial charge is 0.338 e. The summed E-state index contributed by atoms with van der Waals surface area (Å²) in [5, 5.41) is 2.93. The third-order valence-electron chi connectivity index (χ3n) is 5.73. The highest BCUT2D eigenvalue weighted by atomic mass is 16.5. The van der Waals surface area contributed by atoms with Crippen molar-refractivity contribution < 1.29 is 28.7 Å². The van der Waals surface area contributed by atoms with Gasteiger partial charge in [0.25, 0.3) is 17.7 Å². The molecule has 0 bridgehead atoms. The number of nitrogens with one attached hydrogen (secondary N) is 1. The molecule has 0 spiro atoms. The van der Waals surface area contributed by atoms with Gasteiger partial charge in [-0.05, 0) is 43.4 Å². The van der Waals surface area contributed by atoms with E-state index in [1.165, 1.54) is 24.6 Å². The SMILES string of the molecule is COCCCN1C(=O)c2ccc(C(=O)OCC(=O)N[C@H]3CCCC[C@@H]3C)cc2C1=O. The molecule has 1 aliphatic carbocycles. The van der Waals surface area contributed by atoms with E-state index in [9.17, 15) is 19.2 Å². The predicted molar refractivity (Wildman–Crippen MR) is 108 cm³/mol. The van der Waals surface area contributed by atoms with Crippen molar-refractivity contribution in [2.24, 2.45) is 5.92 Å². The summed E-state index contributed by atoms with van der Waals surface area (Å²) in [6.07, 6.45) is 4.80. The van der Waals surface area contributed by atoms with Crippen LogP contribution in [-0.2, 0) is 14.3 Å². The Morgan fingerprint density at radius 1 is 1.13 bits per heavy atom. The summed E-state index contributed by atoms with van der Waals surface area (Å²) in [4.78, 5) is 50.6. The number of rotatable bonds is 8. The highest BCUT2D eigenvalue weighted by Crippen LogP contribution is 2.25. The van der Waals surface area contributed by atoms with E-state index >= 15 is 0 Å². The summed E-state index contributed by atoms with van der Waals surface area (Å²) < 4.78 is 10.1. The third kappa shape index (κ3) is 4.87. The minimum Gasteiger partial charge on any atom is -0.452 e. The Labute approximate surface area is 175 Å². The second-order valence-corrected chi connectivity index (χ2v) is 7.88. The molecule has 2 atom stereocenters. The molecule has 0 aromatic heterocycles. The Morgan fingerprint density at radius 3 is 2.60 bits per heavy atom. The largest absolute Gasteiger partial charge is 0.452 e. The van der Waals surface area contributed by atoms with E-state index in [1.54, 1.807) is 7.11 Å². The predicted octanol–water partition coefficient (Wildman–Crippen LogP) is 2.17. The Hall–Kier alpha value is -2.74. The molecule has 1 heterocycles. The van der Waals surface area contributed by atoms with Crippen molar-refractivity contribution in [3.63, 3.8) is 0 Å². The maximum Gasteiger partial charge on any atom is 0.338 e. The van der Waals surface area contributed by atoms with Gasteiger partial charge in [-0.1, -0.05) is 19.8 Å². The number of benzene rings is 1. The first-order chi connectivity index (χ1) is 14.4. The average molecular weight is 416 g/mol. The first-order valence-corrected chi connectivity index (χ1v) is 10.4. The van der Waals surface area contributed by atoms with Crippen molar-refractivity contribution >= 4 is 23.7 Å². The lowest BCUT2D eigenvalue weighted by molar-refractivity contribution is -0.125. The minimum absolute atomic E-state index is 0.109. The van der Waals surface area contributed by atoms with Gasteiger partial charge in [0.05, 0.1) is 16.7 Å². The number of carbonyl (C=O) groups is 4. The number of amides is 3. The molecule has 2 aliphatic rings. The second kappa shape index (κ2) is 9.84. The fourth-order valence-electron chi connectivity index (χ4n) is 3.98. The maximum absolute atomic E-state index is 12.5. The number of methoxy groups -OCH3 is 1. The van der Waals surface area contributed by atoms with Crippen LogP contribution in [0.2, 0.25) is 0 Å². The maximum atomic E-state index is 12.5. The zero-order chi connectivity index (χ0) is 21.7. The summed E-state index contributed by atoms with van der Waals surface area (Å²) in [7, 11) is 1.55. The van der Waals surface area contributed by atoms with E-state index < -0.39 is 11.9 Å². The van der Waals surface area contributed by atoms with Crippen LogP contribution in [0.25, 0.3) is 0 Å². The molecule has 162 valence electrons. The van der Waals surface area contributed by atoms with Gasteiger partial charge in [0.1, 0.15) is 0 Å². The van der Waals surface area contributed by atoms with E-state index in [4.69, 9.17) is 9.47 Å². The molecule has 3 rings (SSSR count). The Bertz CT molecular complexity index is 837. The number of fused-ring (bicyclic) bond motifs is 1. The zero-order valence-corrected chi connectivity index (χ0v) is 17.4. The van der Waals surface area contributed by atoms with E-state index in [0.717, 1.165) is 24.2 Å². The van der Waals surface area contributed by atoms with Gasteiger partial charge in [0, 0.05) is 26.3 Å². The minimum atomic E-state index is -0.706. The lowest BCUT2D eigenvalue weighted by Gasteiger charge is -2.29. The summed E-state index contributed by atoms with van der Waals surface area (Å²) in [6.45, 7) is 2.42. The fraction of sp³-hybridized carbons (Fsp3) is 0.545. The van der Waals surface area contributed by atoms with E-state index in [-0.39, 0.29) is 47.7 Å². The molecule has 8 nitrogen and oxygen atoms in total. The van der Waals surface area contributed by atoms with Crippen molar-refractivity contribution in [2.75, 3.05) is 26.9 Å². The Kier molecular flexibility index (Phi) is 7.20. The van der Waals surface area contributed by atoms with Gasteiger partial charge in [-0.2, -0.15) is 0 Å². The Balaban J connectivity index is 1.57. The van der Waals surface area contributed by atoms with Gasteiger partial charge >= 0.3 is 5.97 Å². The second-order valence-electron chi connectivity index (χ2n) is 7.88. The molecule has 0 saturated heterocycles. The molecule has 3 amide bonds. The van der Waals surface area contributed by atoms with E-state index in [1.807, 2.05) is 0 Å². The lowest BCUT2D eigenvalue weighted by atomic mass is 9.86. The van der Waals surface area contributed by atoms with Crippen LogP contribution in [0.15, 0.2) is 18.2 Å². The molecular weight excluding hydrogens is 388 g/mol. The zero-order valence-electron chi connectivity index (χ0n) is 17.4. The average Bonchev–Trinajstić information content (AvgIpc) is 2.98. The summed E-state index contributed by atoms with van der Waals surface area (Å²) in [5.74, 6) is -1.45. The molecule has 8 heteroatoms. The van der Waals surface area contributed by atoms with Crippen molar-refractivity contribution in [3.05, 3.63) is 34.9 Å². The van der Waals surface area contributed by atoms with Crippen LogP contribution >= 0.6 is 0 Å². The van der Waals surface area contributed by atoms with Crippen molar-refractivity contribution in [3.8, 4) is 0 Å². The van der Waals surface area contributed by atoms with Crippen LogP contribution in [-0.4, -0.2) is 61.5 Å². The first-order valence-electron chi connectivity index (χ1n) is 10.4. The van der Waals surface area contributed by atoms with Crippen LogP contribution < -0.4 is 5.32 Å². The molecule has 0 radical (unpaired) electrons. The van der Waals surface area contributed by atoms with Crippen molar-refractivity contribution in [2.45, 2.75) is 45.1 Å². The van der Waals surface area contributed by atoms with Crippen LogP contribution in [0, 0.1) is 5.92 Å². The van der Waals surface area contributed by atoms with Crippen LogP contribution in [0.4, 0.5) is 0 Å². The van der Waals surface area contributed by atoms with Gasteiger partial charge in [-0.15, -0.1) is 0 Å². The molecule has 0 unspecified atom stereocenters. The summed E-state index contributed by atoms with van der Waals surface area (Å²) in [6, 6.07) is 4.35. The van der Waals surface area contributed by atoms with Gasteiger partial charge < -0.3 is 14.8 Å². The molecule has 1 aromatic carbocycles. The number of esters is 1. The van der Waals surface area contributed by atoms with Crippen molar-refractivity contribution in [1.82, 2.24) is 10.2 Å². The number of imide groups is 1. The van der Waals surface area contributed by atoms with Gasteiger partial charge in [0.2, 0.25) is 0 Å². The van der Waals surface area contributed by atoms with E-state index in [2.05, 4.69) is 12.2 Å². The molecular formula is C22H28N2O6. The number of hydrogen-bond donors (Lipinski definition) is 1. The third-order valence-corrected chi connectivity index (χ3v) is 5.73. The van der Waals surface area contributed by atoms with Crippen LogP contribution in [0.5, 0.6) is 0 Å². The molecule has 1 aromatic rings. The van der Waals surface area contributed by atoms with Crippen molar-refractivity contribution in [1.29, 1.82) is 0 Å². The summed E-state index contributed by atoms with van der Waals surface area (Å²) >= 11 is 0. The van der Waals surface area contributed by atoms with Gasteiger partial charge in [-0.25, -0.2) is 4.79 Å². The summed E-state index contributed by atoms with van der Waals surface area (Å²) in [5.41, 5.74) is 0.567. The number of carbonyl (C=O) groups excluding carboxylic acids is 4. The fourth-order valence-corrected chi connectivity index (χ4v) is 3.98. The highest BCUT2D eigenvalue weighted by Gasteiger charge is 2.35. The Morgan fingerprint density at radius 2 is 1.87 bits per heavy atom.